The Bertz CT molecular complexity index is 151. The van der Waals surface area contributed by atoms with Crippen LogP contribution in [0.25, 0.3) is 0 Å². The monoisotopic (exact) mass is 423 g/mol. The largest absolute Gasteiger partial charge is 2.00 e. The molecule has 85 valence electrons. The van der Waals surface area contributed by atoms with E-state index in [0.29, 0.717) is 0 Å². The molecule has 1 atom stereocenters. The van der Waals surface area contributed by atoms with Gasteiger partial charge >= 0.3 is 94.4 Å². The Morgan fingerprint density at radius 2 is 1.57 bits per heavy atom. The van der Waals surface area contributed by atoms with Crippen molar-refractivity contribution in [2.24, 2.45) is 0 Å². The second-order valence-electron chi connectivity index (χ2n) is 4.27. The van der Waals surface area contributed by atoms with Gasteiger partial charge in [0.05, 0.1) is 0 Å². The zero-order valence-corrected chi connectivity index (χ0v) is 15.9. The molecule has 0 aromatic rings. The molecule has 0 aromatic heterocycles. The fourth-order valence-electron chi connectivity index (χ4n) is 0.811. The van der Waals surface area contributed by atoms with E-state index < -0.39 is 4.90 Å². The van der Waals surface area contributed by atoms with Crippen LogP contribution in [-0.4, -0.2) is 19.0 Å². The Balaban J connectivity index is -0.000000267. The van der Waals surface area contributed by atoms with Gasteiger partial charge in [0.2, 0.25) is 0 Å². The Morgan fingerprint density at radius 1 is 1.29 bits per heavy atom. The van der Waals surface area contributed by atoms with Crippen LogP contribution in [0.4, 0.5) is 0 Å². The van der Waals surface area contributed by atoms with Gasteiger partial charge in [0.15, 0.2) is 0 Å². The van der Waals surface area contributed by atoms with Gasteiger partial charge in [-0.2, -0.15) is 13.8 Å². The predicted octanol–water partition coefficient (Wildman–Crippen LogP) is 4.35. The maximum absolute atomic E-state index is 2.45. The molecule has 0 rings (SSSR count). The molecule has 0 bridgehead atoms. The fraction of sp³-hybridized carbons (Fsp3) is 0.818. The summed E-state index contributed by atoms with van der Waals surface area (Å²) in [4.78, 5) is -0.498. The smallest absolute Gasteiger partial charge is 0.335 e. The van der Waals surface area contributed by atoms with Gasteiger partial charge in [0.1, 0.15) is 0 Å². The summed E-state index contributed by atoms with van der Waals surface area (Å²) in [6, 6.07) is 0. The molecule has 0 aliphatic heterocycles. The van der Waals surface area contributed by atoms with E-state index >= 15 is 0 Å². The first-order valence-corrected chi connectivity index (χ1v) is 11.4. The van der Waals surface area contributed by atoms with E-state index in [1.54, 1.807) is 5.92 Å². The number of hydrogen-bond donors (Lipinski definition) is 0. The normalized spacial score (nSPS) is 12.6. The molecule has 14 heavy (non-hydrogen) atoms. The molecule has 1 radical (unpaired) electrons. The summed E-state index contributed by atoms with van der Waals surface area (Å²) in [6.07, 6.45) is 3.34. The molecule has 0 spiro atoms. The van der Waals surface area contributed by atoms with Crippen molar-refractivity contribution < 1.29 is 37.4 Å². The average molecular weight is 423 g/mol. The van der Waals surface area contributed by atoms with E-state index in [1.807, 2.05) is 39.1 Å². The summed E-state index contributed by atoms with van der Waals surface area (Å²) in [5, 5.41) is 0. The molecule has 0 amide bonds. The van der Waals surface area contributed by atoms with Crippen molar-refractivity contribution in [2.75, 3.05) is 13.3 Å². The van der Waals surface area contributed by atoms with Crippen LogP contribution in [0.2, 0.25) is 0 Å². The van der Waals surface area contributed by atoms with Gasteiger partial charge in [-0.1, -0.05) is 0 Å². The zero-order valence-electron chi connectivity index (χ0n) is 10.7. The van der Waals surface area contributed by atoms with Crippen LogP contribution in [0.1, 0.15) is 41.0 Å². The van der Waals surface area contributed by atoms with Gasteiger partial charge in [-0.15, -0.1) is 0 Å². The van der Waals surface area contributed by atoms with E-state index in [9.17, 15) is 0 Å². The molecule has 0 aromatic carbocycles. The van der Waals surface area contributed by atoms with Crippen LogP contribution in [0.5, 0.6) is 0 Å². The SMILES string of the molecule is C[C-](C)CC(C)[P](C)(C)=[W].C[CH-]C.[V+2]. The van der Waals surface area contributed by atoms with E-state index in [2.05, 4.69) is 34.1 Å². The van der Waals surface area contributed by atoms with Gasteiger partial charge in [-0.3, -0.25) is 0 Å². The molecule has 0 saturated heterocycles. The van der Waals surface area contributed by atoms with Crippen LogP contribution < -0.4 is 0 Å². The van der Waals surface area contributed by atoms with E-state index in [4.69, 9.17) is 0 Å². The zero-order chi connectivity index (χ0) is 11.1. The van der Waals surface area contributed by atoms with Crippen molar-refractivity contribution in [3.05, 3.63) is 12.3 Å². The molecule has 0 aliphatic carbocycles. The van der Waals surface area contributed by atoms with E-state index in [-0.39, 0.29) is 18.6 Å². The van der Waals surface area contributed by atoms with Crippen LogP contribution in [0, 0.1) is 12.3 Å². The molecule has 0 aliphatic rings. The summed E-state index contributed by atoms with van der Waals surface area (Å²) in [5.41, 5.74) is 0.951. The minimum Gasteiger partial charge on any atom is -0.335 e. The second-order valence-corrected chi connectivity index (χ2v) is 18.2. The Morgan fingerprint density at radius 3 is 1.64 bits per heavy atom. The summed E-state index contributed by atoms with van der Waals surface area (Å²) in [6.45, 7) is 15.8. The van der Waals surface area contributed by atoms with Gasteiger partial charge in [0, 0.05) is 0 Å². The first-order valence-electron chi connectivity index (χ1n) is 4.83. The van der Waals surface area contributed by atoms with Gasteiger partial charge in [0.25, 0.3) is 0 Å². The fourth-order valence-corrected chi connectivity index (χ4v) is 2.42. The van der Waals surface area contributed by atoms with Crippen molar-refractivity contribution in [1.29, 1.82) is 0 Å². The number of rotatable bonds is 3. The summed E-state index contributed by atoms with van der Waals surface area (Å²) >= 11 is 1.82. The molecular weight excluding hydrogens is 398 g/mol. The standard InChI is InChI=1S/C8H18P.C3H7.V.W/c1-7(2)6-8(3)9(4)5;1-3-2;;/h8H,6H2,1-5H3;3H,1-2H3;;/q2*-1;+2;. The maximum atomic E-state index is 2.45. The van der Waals surface area contributed by atoms with Crippen molar-refractivity contribution in [2.45, 2.75) is 46.7 Å². The molecule has 0 saturated carbocycles. The van der Waals surface area contributed by atoms with Crippen molar-refractivity contribution in [1.82, 2.24) is 0 Å². The number of hydrogen-bond acceptors (Lipinski definition) is 0. The molecular formula is C11H25PVW. The molecule has 1 unspecified atom stereocenters. The molecule has 0 N–H and O–H groups in total. The van der Waals surface area contributed by atoms with Crippen LogP contribution >= 0.6 is 4.90 Å². The summed E-state index contributed by atoms with van der Waals surface area (Å²) < 4.78 is 0. The van der Waals surface area contributed by atoms with Crippen molar-refractivity contribution >= 4 is 4.90 Å². The third-order valence-electron chi connectivity index (χ3n) is 1.77. The quantitative estimate of drug-likeness (QED) is 0.468. The molecule has 0 nitrogen and oxygen atoms in total. The van der Waals surface area contributed by atoms with Crippen molar-refractivity contribution in [3.8, 4) is 0 Å². The predicted molar refractivity (Wildman–Crippen MR) is 63.1 cm³/mol. The third-order valence-corrected chi connectivity index (χ3v) is 7.95. The Hall–Kier alpha value is 1.70. The first-order chi connectivity index (χ1) is 5.75. The van der Waals surface area contributed by atoms with Gasteiger partial charge < -0.3 is 6.42 Å². The minimum absolute atomic E-state index is 0. The third kappa shape index (κ3) is 16.1. The van der Waals surface area contributed by atoms with Gasteiger partial charge in [-0.05, 0) is 0 Å². The van der Waals surface area contributed by atoms with E-state index in [0.717, 1.165) is 5.66 Å². The van der Waals surface area contributed by atoms with E-state index in [1.165, 1.54) is 6.42 Å². The molecule has 0 heterocycles. The maximum Gasteiger partial charge on any atom is 2.00 e. The van der Waals surface area contributed by atoms with Gasteiger partial charge in [-0.25, -0.2) is 0 Å². The second kappa shape index (κ2) is 11.2. The average Bonchev–Trinajstić information content (AvgIpc) is 1.85. The van der Waals surface area contributed by atoms with Crippen LogP contribution in [-0.2, 0) is 37.4 Å². The molecule has 0 fully saturated rings. The van der Waals surface area contributed by atoms with Crippen LogP contribution in [0.15, 0.2) is 0 Å². The summed E-state index contributed by atoms with van der Waals surface area (Å²) in [7, 11) is 0. The summed E-state index contributed by atoms with van der Waals surface area (Å²) in [5.74, 6) is 1.59. The van der Waals surface area contributed by atoms with Crippen LogP contribution in [0.3, 0.4) is 0 Å². The topological polar surface area (TPSA) is 0 Å². The minimum atomic E-state index is -0.498. The Labute approximate surface area is 114 Å². The van der Waals surface area contributed by atoms with Crippen molar-refractivity contribution in [3.63, 3.8) is 0 Å². The molecule has 3 heteroatoms. The first kappa shape index (κ1) is 21.0. The Kier molecular flexibility index (Phi) is 16.8.